The summed E-state index contributed by atoms with van der Waals surface area (Å²) in [6, 6.07) is 48.2. The van der Waals surface area contributed by atoms with E-state index in [9.17, 15) is 0 Å². The number of hydrogen-bond acceptors (Lipinski definition) is 4. The van der Waals surface area contributed by atoms with Gasteiger partial charge in [-0.25, -0.2) is 15.0 Å². The Morgan fingerprint density at radius 1 is 0.372 bits per heavy atom. The number of rotatable bonds is 3. The lowest BCUT2D eigenvalue weighted by atomic mass is 9.96. The van der Waals surface area contributed by atoms with Crippen molar-refractivity contribution in [2.45, 2.75) is 0 Å². The third kappa shape index (κ3) is 3.81. The van der Waals surface area contributed by atoms with Crippen LogP contribution in [0.5, 0.6) is 0 Å². The van der Waals surface area contributed by atoms with Crippen LogP contribution in [0.3, 0.4) is 0 Å². The normalized spacial score (nSPS) is 11.7. The fourth-order valence-electron chi connectivity index (χ4n) is 6.23. The van der Waals surface area contributed by atoms with Crippen molar-refractivity contribution in [1.29, 1.82) is 0 Å². The fourth-order valence-corrected chi connectivity index (χ4v) is 6.23. The van der Waals surface area contributed by atoms with E-state index in [0.717, 1.165) is 44.0 Å². The molecule has 2 aromatic heterocycles. The Morgan fingerprint density at radius 2 is 1.00 bits per heavy atom. The van der Waals surface area contributed by atoms with Gasteiger partial charge in [0.25, 0.3) is 0 Å². The van der Waals surface area contributed by atoms with Gasteiger partial charge < -0.3 is 4.42 Å². The lowest BCUT2D eigenvalue weighted by Crippen LogP contribution is -2.00. The van der Waals surface area contributed by atoms with Crippen molar-refractivity contribution >= 4 is 54.3 Å². The van der Waals surface area contributed by atoms with Gasteiger partial charge in [0, 0.05) is 21.9 Å². The van der Waals surface area contributed by atoms with Gasteiger partial charge in [0.15, 0.2) is 17.5 Å². The molecule has 0 N–H and O–H groups in total. The molecule has 43 heavy (non-hydrogen) atoms. The summed E-state index contributed by atoms with van der Waals surface area (Å²) in [5.41, 5.74) is 4.33. The molecule has 0 atom stereocenters. The zero-order valence-electron chi connectivity index (χ0n) is 23.0. The number of benzene rings is 7. The molecule has 0 bridgehead atoms. The van der Waals surface area contributed by atoms with E-state index in [-0.39, 0.29) is 0 Å². The topological polar surface area (TPSA) is 51.8 Å². The summed E-state index contributed by atoms with van der Waals surface area (Å²) in [6.45, 7) is 0. The van der Waals surface area contributed by atoms with Gasteiger partial charge in [-0.15, -0.1) is 0 Å². The zero-order chi connectivity index (χ0) is 28.3. The maximum atomic E-state index is 6.36. The molecule has 0 spiro atoms. The monoisotopic (exact) mass is 549 g/mol. The van der Waals surface area contributed by atoms with E-state index in [1.807, 2.05) is 60.7 Å². The predicted octanol–water partition coefficient (Wildman–Crippen LogP) is 10.2. The quantitative estimate of drug-likeness (QED) is 0.206. The minimum atomic E-state index is 0.582. The van der Waals surface area contributed by atoms with E-state index < -0.39 is 0 Å². The second-order valence-electron chi connectivity index (χ2n) is 10.8. The average molecular weight is 550 g/mol. The van der Waals surface area contributed by atoms with Gasteiger partial charge in [0.2, 0.25) is 0 Å². The van der Waals surface area contributed by atoms with Gasteiger partial charge in [0.05, 0.1) is 5.56 Å². The minimum absolute atomic E-state index is 0.582. The van der Waals surface area contributed by atoms with E-state index in [0.29, 0.717) is 17.5 Å². The van der Waals surface area contributed by atoms with E-state index in [1.165, 1.54) is 26.9 Å². The van der Waals surface area contributed by atoms with Crippen LogP contribution >= 0.6 is 0 Å². The minimum Gasteiger partial charge on any atom is -0.455 e. The SMILES string of the molecule is c1ccc(-c2nc(-c3ccc4c(ccc5c6ccccc6ccc45)c3)nc(-c3cccc4c3oc3ccccc34)n2)cc1. The molecule has 0 unspecified atom stereocenters. The van der Waals surface area contributed by atoms with E-state index in [1.54, 1.807) is 0 Å². The van der Waals surface area contributed by atoms with Gasteiger partial charge in [-0.1, -0.05) is 121 Å². The standard InChI is InChI=1S/C39H23N3O/c1-2-10-25(11-3-1)37-40-38(42-39(41-37)34-15-8-14-33-32-13-6-7-16-35(32)43-36(33)34)27-19-20-29-26(23-27)18-22-30-28-12-5-4-9-24(28)17-21-31(29)30/h1-23H. The van der Waals surface area contributed by atoms with Crippen LogP contribution < -0.4 is 0 Å². The Morgan fingerprint density at radius 3 is 1.86 bits per heavy atom. The molecular formula is C39H23N3O. The molecule has 200 valence electrons. The van der Waals surface area contributed by atoms with Crippen LogP contribution in [-0.4, -0.2) is 15.0 Å². The molecule has 4 heteroatoms. The molecule has 0 aliphatic rings. The highest BCUT2D eigenvalue weighted by Crippen LogP contribution is 2.37. The Labute approximate surface area is 246 Å². The summed E-state index contributed by atoms with van der Waals surface area (Å²) in [5.74, 6) is 1.83. The van der Waals surface area contributed by atoms with Gasteiger partial charge in [0.1, 0.15) is 11.2 Å². The molecule has 4 nitrogen and oxygen atoms in total. The highest BCUT2D eigenvalue weighted by molar-refractivity contribution is 6.17. The highest BCUT2D eigenvalue weighted by atomic mass is 16.3. The third-order valence-electron chi connectivity index (χ3n) is 8.31. The summed E-state index contributed by atoms with van der Waals surface area (Å²) in [4.78, 5) is 15.0. The molecule has 9 aromatic rings. The second-order valence-corrected chi connectivity index (χ2v) is 10.8. The molecule has 0 radical (unpaired) electrons. The molecule has 0 saturated carbocycles. The summed E-state index contributed by atoms with van der Waals surface area (Å²) >= 11 is 0. The summed E-state index contributed by atoms with van der Waals surface area (Å²) in [6.07, 6.45) is 0. The van der Waals surface area contributed by atoms with Crippen LogP contribution in [0.4, 0.5) is 0 Å². The first-order chi connectivity index (χ1) is 21.3. The predicted molar refractivity (Wildman–Crippen MR) is 176 cm³/mol. The van der Waals surface area contributed by atoms with Crippen LogP contribution in [0, 0.1) is 0 Å². The summed E-state index contributed by atoms with van der Waals surface area (Å²) in [7, 11) is 0. The maximum Gasteiger partial charge on any atom is 0.167 e. The van der Waals surface area contributed by atoms with Gasteiger partial charge in [-0.2, -0.15) is 0 Å². The van der Waals surface area contributed by atoms with Crippen molar-refractivity contribution in [2.24, 2.45) is 0 Å². The Balaban J connectivity index is 1.26. The third-order valence-corrected chi connectivity index (χ3v) is 8.31. The molecule has 9 rings (SSSR count). The van der Waals surface area contributed by atoms with Gasteiger partial charge in [-0.3, -0.25) is 0 Å². The lowest BCUT2D eigenvalue weighted by Gasteiger charge is -2.11. The van der Waals surface area contributed by atoms with E-state index in [2.05, 4.69) is 78.9 Å². The first kappa shape index (κ1) is 23.8. The second kappa shape index (κ2) is 9.33. The fraction of sp³-hybridized carbons (Fsp3) is 0. The number of para-hydroxylation sites is 2. The molecule has 2 heterocycles. The molecule has 0 fully saturated rings. The van der Waals surface area contributed by atoms with Crippen molar-refractivity contribution < 1.29 is 4.42 Å². The van der Waals surface area contributed by atoms with Crippen LogP contribution in [0.2, 0.25) is 0 Å². The number of furan rings is 1. The summed E-state index contributed by atoms with van der Waals surface area (Å²) < 4.78 is 6.36. The number of nitrogens with zero attached hydrogens (tertiary/aromatic N) is 3. The van der Waals surface area contributed by atoms with Crippen LogP contribution in [0.15, 0.2) is 144 Å². The Bertz CT molecular complexity index is 2510. The first-order valence-corrected chi connectivity index (χ1v) is 14.4. The Hall–Kier alpha value is -5.87. The van der Waals surface area contributed by atoms with Crippen LogP contribution in [0.1, 0.15) is 0 Å². The van der Waals surface area contributed by atoms with Crippen molar-refractivity contribution in [2.75, 3.05) is 0 Å². The molecule has 0 aliphatic heterocycles. The van der Waals surface area contributed by atoms with E-state index in [4.69, 9.17) is 19.4 Å². The lowest BCUT2D eigenvalue weighted by molar-refractivity contribution is 0.669. The average Bonchev–Trinajstić information content (AvgIpc) is 3.47. The molecule has 0 amide bonds. The molecule has 7 aromatic carbocycles. The van der Waals surface area contributed by atoms with Crippen LogP contribution in [-0.2, 0) is 0 Å². The summed E-state index contributed by atoms with van der Waals surface area (Å²) in [5, 5.41) is 9.47. The van der Waals surface area contributed by atoms with Gasteiger partial charge in [-0.05, 0) is 50.5 Å². The van der Waals surface area contributed by atoms with Crippen LogP contribution in [0.25, 0.3) is 88.4 Å². The molecular weight excluding hydrogens is 526 g/mol. The maximum absolute atomic E-state index is 6.36. The first-order valence-electron chi connectivity index (χ1n) is 14.4. The van der Waals surface area contributed by atoms with E-state index >= 15 is 0 Å². The van der Waals surface area contributed by atoms with Gasteiger partial charge >= 0.3 is 0 Å². The van der Waals surface area contributed by atoms with Crippen molar-refractivity contribution in [3.8, 4) is 34.2 Å². The number of aromatic nitrogens is 3. The molecule has 0 aliphatic carbocycles. The number of fused-ring (bicyclic) bond motifs is 8. The molecule has 0 saturated heterocycles. The number of hydrogen-bond donors (Lipinski definition) is 0. The zero-order valence-corrected chi connectivity index (χ0v) is 23.0. The Kier molecular flexibility index (Phi) is 5.16. The smallest absolute Gasteiger partial charge is 0.167 e. The van der Waals surface area contributed by atoms with Crippen molar-refractivity contribution in [3.63, 3.8) is 0 Å². The van der Waals surface area contributed by atoms with Crippen molar-refractivity contribution in [3.05, 3.63) is 140 Å². The largest absolute Gasteiger partial charge is 0.455 e. The van der Waals surface area contributed by atoms with Crippen molar-refractivity contribution in [1.82, 2.24) is 15.0 Å². The highest BCUT2D eigenvalue weighted by Gasteiger charge is 2.18.